The molecule has 0 aliphatic rings. The van der Waals surface area contributed by atoms with E-state index in [9.17, 15) is 13.5 Å². The summed E-state index contributed by atoms with van der Waals surface area (Å²) in [6.07, 6.45) is 1.17. The molecule has 2 aromatic carbocycles. The number of phenolic OH excluding ortho intramolecular Hbond substituents is 1. The number of benzene rings is 2. The monoisotopic (exact) mass is 311 g/mol. The van der Waals surface area contributed by atoms with Gasteiger partial charge in [-0.2, -0.15) is 0 Å². The highest BCUT2D eigenvalue weighted by molar-refractivity contribution is 7.90. The molecule has 2 rings (SSSR count). The van der Waals surface area contributed by atoms with Crippen LogP contribution in [0.25, 0.3) is 0 Å². The molecule has 20 heavy (non-hydrogen) atoms. The Labute approximate surface area is 122 Å². The lowest BCUT2D eigenvalue weighted by atomic mass is 10.2. The van der Waals surface area contributed by atoms with Gasteiger partial charge in [0.15, 0.2) is 9.84 Å². The number of nitrogens with one attached hydrogen (secondary N) is 1. The minimum atomic E-state index is -3.18. The zero-order chi connectivity index (χ0) is 14.8. The number of sulfone groups is 1. The van der Waals surface area contributed by atoms with E-state index in [0.717, 1.165) is 5.69 Å². The van der Waals surface area contributed by atoms with Gasteiger partial charge in [-0.3, -0.25) is 0 Å². The molecular formula is C14H14ClNO3S. The van der Waals surface area contributed by atoms with E-state index in [0.29, 0.717) is 17.1 Å². The number of anilines is 1. The van der Waals surface area contributed by atoms with Crippen LogP contribution >= 0.6 is 11.6 Å². The van der Waals surface area contributed by atoms with Crippen LogP contribution in [-0.4, -0.2) is 19.8 Å². The summed E-state index contributed by atoms with van der Waals surface area (Å²) in [5.41, 5.74) is 1.43. The SMILES string of the molecule is CS(=O)(=O)c1ccc(NCc2cccc(Cl)c2O)cc1. The predicted molar refractivity (Wildman–Crippen MR) is 80.0 cm³/mol. The lowest BCUT2D eigenvalue weighted by Gasteiger charge is -2.09. The van der Waals surface area contributed by atoms with Crippen molar-refractivity contribution in [2.75, 3.05) is 11.6 Å². The summed E-state index contributed by atoms with van der Waals surface area (Å²) in [4.78, 5) is 0.272. The van der Waals surface area contributed by atoms with Gasteiger partial charge in [0.1, 0.15) is 5.75 Å². The van der Waals surface area contributed by atoms with Gasteiger partial charge < -0.3 is 10.4 Å². The average molecular weight is 312 g/mol. The number of aromatic hydroxyl groups is 1. The molecule has 0 spiro atoms. The Morgan fingerprint density at radius 2 is 1.80 bits per heavy atom. The number of para-hydroxylation sites is 1. The first-order valence-corrected chi connectivity index (χ1v) is 8.15. The van der Waals surface area contributed by atoms with Crippen LogP contribution in [0.2, 0.25) is 5.02 Å². The first-order valence-electron chi connectivity index (χ1n) is 5.88. The van der Waals surface area contributed by atoms with Crippen molar-refractivity contribution in [3.8, 4) is 5.75 Å². The fourth-order valence-electron chi connectivity index (χ4n) is 1.72. The smallest absolute Gasteiger partial charge is 0.175 e. The molecule has 0 heterocycles. The van der Waals surface area contributed by atoms with Crippen LogP contribution in [0.5, 0.6) is 5.75 Å². The minimum Gasteiger partial charge on any atom is -0.506 e. The van der Waals surface area contributed by atoms with Crippen LogP contribution < -0.4 is 5.32 Å². The van der Waals surface area contributed by atoms with Gasteiger partial charge in [-0.05, 0) is 30.3 Å². The zero-order valence-corrected chi connectivity index (χ0v) is 12.4. The van der Waals surface area contributed by atoms with Gasteiger partial charge in [-0.25, -0.2) is 8.42 Å². The maximum Gasteiger partial charge on any atom is 0.175 e. The molecule has 0 fully saturated rings. The van der Waals surface area contributed by atoms with Gasteiger partial charge >= 0.3 is 0 Å². The summed E-state index contributed by atoms with van der Waals surface area (Å²) < 4.78 is 22.7. The van der Waals surface area contributed by atoms with Crippen LogP contribution in [-0.2, 0) is 16.4 Å². The van der Waals surface area contributed by atoms with Crippen LogP contribution in [0.1, 0.15) is 5.56 Å². The van der Waals surface area contributed by atoms with E-state index < -0.39 is 9.84 Å². The molecule has 0 atom stereocenters. The minimum absolute atomic E-state index is 0.0504. The maximum atomic E-state index is 11.3. The lowest BCUT2D eigenvalue weighted by molar-refractivity contribution is 0.469. The average Bonchev–Trinajstić information content (AvgIpc) is 2.40. The molecule has 0 aliphatic heterocycles. The van der Waals surface area contributed by atoms with Gasteiger partial charge in [0.2, 0.25) is 0 Å². The van der Waals surface area contributed by atoms with Crippen molar-refractivity contribution in [3.63, 3.8) is 0 Å². The molecule has 4 nitrogen and oxygen atoms in total. The lowest BCUT2D eigenvalue weighted by Crippen LogP contribution is -2.01. The summed E-state index contributed by atoms with van der Waals surface area (Å²) in [5.74, 6) is 0.0504. The van der Waals surface area contributed by atoms with Crippen molar-refractivity contribution in [2.45, 2.75) is 11.4 Å². The van der Waals surface area contributed by atoms with Crippen molar-refractivity contribution in [3.05, 3.63) is 53.1 Å². The third-order valence-corrected chi connectivity index (χ3v) is 4.27. The fraction of sp³-hybridized carbons (Fsp3) is 0.143. The van der Waals surface area contributed by atoms with E-state index in [4.69, 9.17) is 11.6 Å². The Morgan fingerprint density at radius 1 is 1.15 bits per heavy atom. The Morgan fingerprint density at radius 3 is 2.40 bits per heavy atom. The fourth-order valence-corrected chi connectivity index (χ4v) is 2.54. The van der Waals surface area contributed by atoms with Crippen LogP contribution in [0.4, 0.5) is 5.69 Å². The Balaban J connectivity index is 2.10. The molecule has 0 aromatic heterocycles. The predicted octanol–water partition coefficient (Wildman–Crippen LogP) is 3.06. The molecule has 0 aliphatic carbocycles. The molecule has 106 valence electrons. The van der Waals surface area contributed by atoms with Gasteiger partial charge in [0.25, 0.3) is 0 Å². The normalized spacial score (nSPS) is 11.3. The van der Waals surface area contributed by atoms with Gasteiger partial charge in [-0.15, -0.1) is 0 Å². The maximum absolute atomic E-state index is 11.3. The van der Waals surface area contributed by atoms with E-state index in [-0.39, 0.29) is 10.6 Å². The number of halogens is 1. The Hall–Kier alpha value is -1.72. The third kappa shape index (κ3) is 3.43. The van der Waals surface area contributed by atoms with E-state index in [2.05, 4.69) is 5.32 Å². The largest absolute Gasteiger partial charge is 0.506 e. The second kappa shape index (κ2) is 5.73. The standard InChI is InChI=1S/C14H14ClNO3S/c1-20(18,19)12-7-5-11(6-8-12)16-9-10-3-2-4-13(15)14(10)17/h2-8,16-17H,9H2,1H3. The van der Waals surface area contributed by atoms with Crippen molar-refractivity contribution in [2.24, 2.45) is 0 Å². The Kier molecular flexibility index (Phi) is 4.20. The van der Waals surface area contributed by atoms with Crippen LogP contribution in [0, 0.1) is 0 Å². The van der Waals surface area contributed by atoms with Crippen molar-refractivity contribution in [1.82, 2.24) is 0 Å². The number of hydrogen-bond donors (Lipinski definition) is 2. The summed E-state index contributed by atoms with van der Waals surface area (Å²) in [7, 11) is -3.18. The first-order chi connectivity index (χ1) is 9.38. The van der Waals surface area contributed by atoms with E-state index in [1.807, 2.05) is 0 Å². The van der Waals surface area contributed by atoms with Crippen molar-refractivity contribution < 1.29 is 13.5 Å². The van der Waals surface area contributed by atoms with Crippen LogP contribution in [0.15, 0.2) is 47.4 Å². The molecule has 0 saturated heterocycles. The molecule has 0 radical (unpaired) electrons. The second-order valence-corrected chi connectivity index (χ2v) is 6.82. The topological polar surface area (TPSA) is 66.4 Å². The Bertz CT molecular complexity index is 712. The molecule has 0 unspecified atom stereocenters. The zero-order valence-electron chi connectivity index (χ0n) is 10.8. The highest BCUT2D eigenvalue weighted by atomic mass is 35.5. The summed E-state index contributed by atoms with van der Waals surface area (Å²) in [6.45, 7) is 0.393. The summed E-state index contributed by atoms with van der Waals surface area (Å²) >= 11 is 5.82. The summed E-state index contributed by atoms with van der Waals surface area (Å²) in [5, 5.41) is 13.2. The van der Waals surface area contributed by atoms with Crippen LogP contribution in [0.3, 0.4) is 0 Å². The molecular weight excluding hydrogens is 298 g/mol. The quantitative estimate of drug-likeness (QED) is 0.910. The van der Waals surface area contributed by atoms with Crippen molar-refractivity contribution in [1.29, 1.82) is 0 Å². The highest BCUT2D eigenvalue weighted by Gasteiger charge is 2.07. The summed E-state index contributed by atoms with van der Waals surface area (Å²) in [6, 6.07) is 11.6. The number of phenols is 1. The van der Waals surface area contributed by atoms with Gasteiger partial charge in [-0.1, -0.05) is 23.7 Å². The number of rotatable bonds is 4. The molecule has 0 bridgehead atoms. The molecule has 2 aromatic rings. The van der Waals surface area contributed by atoms with E-state index in [1.54, 1.807) is 30.3 Å². The third-order valence-electron chi connectivity index (χ3n) is 2.84. The molecule has 2 N–H and O–H groups in total. The van der Waals surface area contributed by atoms with E-state index >= 15 is 0 Å². The second-order valence-electron chi connectivity index (χ2n) is 4.40. The molecule has 6 heteroatoms. The van der Waals surface area contributed by atoms with Gasteiger partial charge in [0, 0.05) is 24.1 Å². The van der Waals surface area contributed by atoms with E-state index in [1.165, 1.54) is 18.4 Å². The number of hydrogen-bond acceptors (Lipinski definition) is 4. The highest BCUT2D eigenvalue weighted by Crippen LogP contribution is 2.27. The first kappa shape index (κ1) is 14.7. The molecule has 0 saturated carbocycles. The van der Waals surface area contributed by atoms with Gasteiger partial charge in [0.05, 0.1) is 9.92 Å². The van der Waals surface area contributed by atoms with Crippen molar-refractivity contribution >= 4 is 27.1 Å². The molecule has 0 amide bonds.